The first-order valence-corrected chi connectivity index (χ1v) is 10.1. The smallest absolute Gasteiger partial charge is 0.255 e. The van der Waals surface area contributed by atoms with Crippen molar-refractivity contribution in [2.75, 3.05) is 12.3 Å². The molecule has 0 bridgehead atoms. The van der Waals surface area contributed by atoms with Gasteiger partial charge in [-0.2, -0.15) is 0 Å². The first kappa shape index (κ1) is 19.5. The predicted molar refractivity (Wildman–Crippen MR) is 118 cm³/mol. The Balaban J connectivity index is 1.46. The quantitative estimate of drug-likeness (QED) is 0.508. The normalized spacial score (nSPS) is 14.0. The fourth-order valence-corrected chi connectivity index (χ4v) is 4.03. The number of nitrogens with zero attached hydrogens (tertiary/aromatic N) is 3. The number of nitrogens with two attached hydrogens (primary N) is 1. The average Bonchev–Trinajstić information content (AvgIpc) is 2.78. The van der Waals surface area contributed by atoms with Gasteiger partial charge in [-0.1, -0.05) is 11.6 Å². The molecular weight excluding hydrogens is 418 g/mol. The first-order chi connectivity index (χ1) is 15.0. The summed E-state index contributed by atoms with van der Waals surface area (Å²) in [6.07, 6.45) is 3.90. The summed E-state index contributed by atoms with van der Waals surface area (Å²) >= 11 is 6.03. The molecule has 1 aliphatic rings. The van der Waals surface area contributed by atoms with E-state index in [2.05, 4.69) is 15.0 Å². The minimum atomic E-state index is -0.216. The number of pyridine rings is 1. The summed E-state index contributed by atoms with van der Waals surface area (Å²) in [5.41, 5.74) is 8.54. The van der Waals surface area contributed by atoms with Gasteiger partial charge in [-0.15, -0.1) is 0 Å². The van der Waals surface area contributed by atoms with Crippen LogP contribution in [0.1, 0.15) is 16.8 Å². The lowest BCUT2D eigenvalue weighted by Gasteiger charge is -2.27. The third kappa shape index (κ3) is 3.60. The highest BCUT2D eigenvalue weighted by Gasteiger charge is 2.24. The van der Waals surface area contributed by atoms with Crippen molar-refractivity contribution in [1.82, 2.24) is 19.9 Å². The van der Waals surface area contributed by atoms with Crippen LogP contribution >= 0.6 is 11.6 Å². The van der Waals surface area contributed by atoms with Crippen LogP contribution in [0.5, 0.6) is 0 Å². The maximum absolute atomic E-state index is 13.0. The van der Waals surface area contributed by atoms with Crippen molar-refractivity contribution in [3.8, 4) is 11.4 Å². The zero-order valence-electron chi connectivity index (χ0n) is 16.4. The minimum Gasteiger partial charge on any atom is -0.440 e. The highest BCUT2D eigenvalue weighted by molar-refractivity contribution is 6.31. The number of nitrogen functional groups attached to an aromatic ring is 1. The fraction of sp³-hybridized carbons (Fsp3) is 0.182. The molecule has 0 saturated heterocycles. The standard InChI is InChI=1S/C22H18ClN5O3/c23-13-1-2-18-14(9-13)19(29)16(20(24)31-18)11-28-8-5-17-15(10-28)22(30)27-21(26-17)12-3-6-25-7-4-12/h1-4,6-7,9H,5,8,10-11,24H2,(H,26,27,30). The minimum absolute atomic E-state index is 0.0747. The highest BCUT2D eigenvalue weighted by Crippen LogP contribution is 2.24. The van der Waals surface area contributed by atoms with Crippen LogP contribution < -0.4 is 16.7 Å². The van der Waals surface area contributed by atoms with E-state index in [0.717, 1.165) is 11.3 Å². The Kier molecular flexibility index (Phi) is 4.80. The Bertz CT molecular complexity index is 1410. The lowest BCUT2D eigenvalue weighted by Crippen LogP contribution is -2.36. The molecule has 0 aliphatic carbocycles. The molecule has 0 saturated carbocycles. The van der Waals surface area contributed by atoms with Gasteiger partial charge < -0.3 is 15.1 Å². The number of fused-ring (bicyclic) bond motifs is 2. The Morgan fingerprint density at radius 1 is 1.19 bits per heavy atom. The number of benzene rings is 1. The largest absolute Gasteiger partial charge is 0.440 e. The van der Waals surface area contributed by atoms with Crippen molar-refractivity contribution in [2.45, 2.75) is 19.5 Å². The van der Waals surface area contributed by atoms with E-state index in [1.807, 2.05) is 4.90 Å². The van der Waals surface area contributed by atoms with Crippen molar-refractivity contribution in [2.24, 2.45) is 0 Å². The number of hydrogen-bond donors (Lipinski definition) is 2. The molecule has 4 heterocycles. The molecule has 9 heteroatoms. The Morgan fingerprint density at radius 2 is 2.00 bits per heavy atom. The van der Waals surface area contributed by atoms with Gasteiger partial charge in [0.1, 0.15) is 11.4 Å². The number of aromatic amines is 1. The second-order valence-electron chi connectivity index (χ2n) is 7.45. The molecule has 0 radical (unpaired) electrons. The molecule has 0 unspecified atom stereocenters. The molecule has 3 N–H and O–H groups in total. The average molecular weight is 436 g/mol. The van der Waals surface area contributed by atoms with E-state index >= 15 is 0 Å². The third-order valence-electron chi connectivity index (χ3n) is 5.46. The Hall–Kier alpha value is -3.49. The monoisotopic (exact) mass is 435 g/mol. The number of H-pyrrole nitrogens is 1. The van der Waals surface area contributed by atoms with Gasteiger partial charge in [0.15, 0.2) is 11.3 Å². The molecule has 4 aromatic rings. The topological polar surface area (TPSA) is 118 Å². The van der Waals surface area contributed by atoms with Crippen LogP contribution in [0.3, 0.4) is 0 Å². The van der Waals surface area contributed by atoms with Crippen molar-refractivity contribution in [1.29, 1.82) is 0 Å². The molecule has 0 spiro atoms. The molecule has 3 aromatic heterocycles. The van der Waals surface area contributed by atoms with Gasteiger partial charge in [-0.05, 0) is 30.3 Å². The molecule has 31 heavy (non-hydrogen) atoms. The van der Waals surface area contributed by atoms with E-state index in [9.17, 15) is 9.59 Å². The van der Waals surface area contributed by atoms with Crippen LogP contribution in [0.15, 0.2) is 56.7 Å². The van der Waals surface area contributed by atoms with Crippen molar-refractivity contribution in [3.63, 3.8) is 0 Å². The molecule has 0 fully saturated rings. The van der Waals surface area contributed by atoms with E-state index in [0.29, 0.717) is 52.5 Å². The number of anilines is 1. The summed E-state index contributed by atoms with van der Waals surface area (Å²) in [5, 5.41) is 0.834. The maximum atomic E-state index is 13.0. The SMILES string of the molecule is Nc1oc2ccc(Cl)cc2c(=O)c1CN1CCc2nc(-c3ccncc3)[nH]c(=O)c2C1. The Labute approximate surface area is 181 Å². The second-order valence-corrected chi connectivity index (χ2v) is 7.89. The molecule has 1 aliphatic heterocycles. The number of rotatable bonds is 3. The van der Waals surface area contributed by atoms with Crippen LogP contribution in [-0.4, -0.2) is 26.4 Å². The summed E-state index contributed by atoms with van der Waals surface area (Å²) in [4.78, 5) is 39.2. The van der Waals surface area contributed by atoms with Crippen LogP contribution in [0.25, 0.3) is 22.4 Å². The molecular formula is C22H18ClN5O3. The second kappa shape index (κ2) is 7.64. The van der Waals surface area contributed by atoms with Crippen molar-refractivity contribution >= 4 is 28.5 Å². The third-order valence-corrected chi connectivity index (χ3v) is 5.70. The Morgan fingerprint density at radius 3 is 2.81 bits per heavy atom. The molecule has 156 valence electrons. The summed E-state index contributed by atoms with van der Waals surface area (Å²) in [5.74, 6) is 0.599. The van der Waals surface area contributed by atoms with Gasteiger partial charge in [0.05, 0.1) is 22.2 Å². The molecule has 8 nitrogen and oxygen atoms in total. The number of hydrogen-bond acceptors (Lipinski definition) is 7. The number of halogens is 1. The highest BCUT2D eigenvalue weighted by atomic mass is 35.5. The van der Waals surface area contributed by atoms with Crippen LogP contribution in [-0.2, 0) is 19.5 Å². The lowest BCUT2D eigenvalue weighted by atomic mass is 10.0. The lowest BCUT2D eigenvalue weighted by molar-refractivity contribution is 0.240. The molecule has 1 aromatic carbocycles. The zero-order valence-corrected chi connectivity index (χ0v) is 17.1. The maximum Gasteiger partial charge on any atom is 0.255 e. The van der Waals surface area contributed by atoms with Crippen LogP contribution in [0, 0.1) is 0 Å². The summed E-state index contributed by atoms with van der Waals surface area (Å²) in [6.45, 7) is 1.26. The van der Waals surface area contributed by atoms with Crippen LogP contribution in [0.4, 0.5) is 5.88 Å². The van der Waals surface area contributed by atoms with Crippen molar-refractivity contribution in [3.05, 3.63) is 85.1 Å². The molecule has 0 atom stereocenters. The van der Waals surface area contributed by atoms with E-state index in [-0.39, 0.29) is 23.4 Å². The summed E-state index contributed by atoms with van der Waals surface area (Å²) in [7, 11) is 0. The zero-order chi connectivity index (χ0) is 21.5. The van der Waals surface area contributed by atoms with Gasteiger partial charge in [0.2, 0.25) is 0 Å². The number of aromatic nitrogens is 3. The van der Waals surface area contributed by atoms with Crippen molar-refractivity contribution < 1.29 is 4.42 Å². The van der Waals surface area contributed by atoms with E-state index in [1.165, 1.54) is 0 Å². The van der Waals surface area contributed by atoms with E-state index in [4.69, 9.17) is 21.8 Å². The van der Waals surface area contributed by atoms with Gasteiger partial charge in [-0.25, -0.2) is 4.98 Å². The molecule has 5 rings (SSSR count). The fourth-order valence-electron chi connectivity index (χ4n) is 3.86. The summed E-state index contributed by atoms with van der Waals surface area (Å²) in [6, 6.07) is 8.45. The van der Waals surface area contributed by atoms with Crippen LogP contribution in [0.2, 0.25) is 5.02 Å². The predicted octanol–water partition coefficient (Wildman–Crippen LogP) is 2.73. The first-order valence-electron chi connectivity index (χ1n) is 9.75. The van der Waals surface area contributed by atoms with E-state index in [1.54, 1.807) is 42.7 Å². The summed E-state index contributed by atoms with van der Waals surface area (Å²) < 4.78 is 5.64. The van der Waals surface area contributed by atoms with Gasteiger partial charge >= 0.3 is 0 Å². The van der Waals surface area contributed by atoms with E-state index < -0.39 is 0 Å². The van der Waals surface area contributed by atoms with Gasteiger partial charge in [-0.3, -0.25) is 19.5 Å². The van der Waals surface area contributed by atoms with Gasteiger partial charge in [0.25, 0.3) is 5.56 Å². The molecule has 0 amide bonds. The van der Waals surface area contributed by atoms with Gasteiger partial charge in [0, 0.05) is 49.0 Å². The number of nitrogens with one attached hydrogen (secondary N) is 1.